The van der Waals surface area contributed by atoms with Crippen molar-refractivity contribution in [2.45, 2.75) is 4.90 Å². The number of aliphatic carboxylic acids is 1. The van der Waals surface area contributed by atoms with E-state index in [9.17, 15) is 18.0 Å². The molecular weight excluding hydrogens is 310 g/mol. The van der Waals surface area contributed by atoms with Crippen LogP contribution in [0.5, 0.6) is 0 Å². The van der Waals surface area contributed by atoms with Gasteiger partial charge in [-0.05, 0) is 18.2 Å². The molecule has 0 spiro atoms. The van der Waals surface area contributed by atoms with Crippen molar-refractivity contribution in [1.29, 1.82) is 0 Å². The molecule has 0 aliphatic heterocycles. The van der Waals surface area contributed by atoms with Crippen molar-refractivity contribution in [2.24, 2.45) is 0 Å². The summed E-state index contributed by atoms with van der Waals surface area (Å²) >= 11 is 5.73. The molecule has 20 heavy (non-hydrogen) atoms. The van der Waals surface area contributed by atoms with Crippen molar-refractivity contribution in [3.8, 4) is 0 Å². The molecular formula is C11H12ClNO6S. The molecule has 0 heterocycles. The molecule has 0 radical (unpaired) electrons. The number of sulfonamides is 1. The second-order valence-electron chi connectivity index (χ2n) is 3.79. The van der Waals surface area contributed by atoms with E-state index in [1.165, 1.54) is 12.1 Å². The minimum Gasteiger partial charge on any atom is -0.480 e. The van der Waals surface area contributed by atoms with Gasteiger partial charge in [0.25, 0.3) is 0 Å². The van der Waals surface area contributed by atoms with Gasteiger partial charge >= 0.3 is 11.9 Å². The Morgan fingerprint density at radius 3 is 2.50 bits per heavy atom. The molecule has 110 valence electrons. The van der Waals surface area contributed by atoms with Gasteiger partial charge in [-0.15, -0.1) is 0 Å². The number of nitrogens with zero attached hydrogens (tertiary/aromatic N) is 1. The summed E-state index contributed by atoms with van der Waals surface area (Å²) in [6, 6.07) is 3.61. The maximum absolute atomic E-state index is 12.3. The number of carbonyl (C=O) groups excluding carboxylic acids is 1. The van der Waals surface area contributed by atoms with Crippen LogP contribution in [-0.2, 0) is 19.6 Å². The predicted molar refractivity (Wildman–Crippen MR) is 70.2 cm³/mol. The van der Waals surface area contributed by atoms with Gasteiger partial charge in [-0.1, -0.05) is 11.6 Å². The molecule has 0 atom stereocenters. The van der Waals surface area contributed by atoms with Gasteiger partial charge in [-0.3, -0.25) is 4.79 Å². The minimum absolute atomic E-state index is 0.0972. The Morgan fingerprint density at radius 2 is 2.00 bits per heavy atom. The van der Waals surface area contributed by atoms with E-state index >= 15 is 0 Å². The number of halogens is 1. The Labute approximate surface area is 120 Å². The Hall–Kier alpha value is -1.64. The van der Waals surface area contributed by atoms with Crippen molar-refractivity contribution in [2.75, 3.05) is 20.7 Å². The highest BCUT2D eigenvalue weighted by Crippen LogP contribution is 2.24. The van der Waals surface area contributed by atoms with E-state index in [-0.39, 0.29) is 10.6 Å². The first-order valence-corrected chi connectivity index (χ1v) is 7.08. The SMILES string of the molecule is COC(=O)c1ccc(Cl)cc1S(=O)(=O)N(C)CC(=O)O. The molecule has 0 aromatic heterocycles. The van der Waals surface area contributed by atoms with Gasteiger partial charge < -0.3 is 9.84 Å². The van der Waals surface area contributed by atoms with Crippen molar-refractivity contribution < 1.29 is 27.9 Å². The van der Waals surface area contributed by atoms with Crippen LogP contribution >= 0.6 is 11.6 Å². The monoisotopic (exact) mass is 321 g/mol. The van der Waals surface area contributed by atoms with Crippen LogP contribution in [0.15, 0.2) is 23.1 Å². The quantitative estimate of drug-likeness (QED) is 0.806. The lowest BCUT2D eigenvalue weighted by atomic mass is 10.2. The normalized spacial score (nSPS) is 11.4. The van der Waals surface area contributed by atoms with E-state index in [4.69, 9.17) is 16.7 Å². The van der Waals surface area contributed by atoms with Crippen molar-refractivity contribution >= 4 is 33.6 Å². The third-order valence-corrected chi connectivity index (χ3v) is 4.47. The number of likely N-dealkylation sites (N-methyl/N-ethyl adjacent to an activating group) is 1. The van der Waals surface area contributed by atoms with Crippen molar-refractivity contribution in [3.05, 3.63) is 28.8 Å². The number of hydrogen-bond donors (Lipinski definition) is 1. The Balaban J connectivity index is 3.40. The predicted octanol–water partition coefficient (Wildman–Crippen LogP) is 0.832. The molecule has 1 rings (SSSR count). The first-order valence-electron chi connectivity index (χ1n) is 5.26. The van der Waals surface area contributed by atoms with Crippen LogP contribution in [0.1, 0.15) is 10.4 Å². The Bertz CT molecular complexity index is 642. The Kier molecular flexibility index (Phi) is 5.09. The molecule has 0 saturated heterocycles. The molecule has 0 aliphatic carbocycles. The molecule has 1 aromatic carbocycles. The maximum atomic E-state index is 12.3. The van der Waals surface area contributed by atoms with Gasteiger partial charge in [0.05, 0.1) is 17.6 Å². The van der Waals surface area contributed by atoms with Crippen LogP contribution < -0.4 is 0 Å². The van der Waals surface area contributed by atoms with Gasteiger partial charge in [-0.2, -0.15) is 4.31 Å². The molecule has 0 saturated carbocycles. The number of benzene rings is 1. The molecule has 0 aliphatic rings. The fraction of sp³-hybridized carbons (Fsp3) is 0.273. The summed E-state index contributed by atoms with van der Waals surface area (Å²) in [6.45, 7) is -0.741. The zero-order chi connectivity index (χ0) is 15.5. The van der Waals surface area contributed by atoms with Gasteiger partial charge in [-0.25, -0.2) is 13.2 Å². The molecule has 0 fully saturated rings. The number of carbonyl (C=O) groups is 2. The van der Waals surface area contributed by atoms with Crippen LogP contribution in [0.25, 0.3) is 0 Å². The van der Waals surface area contributed by atoms with Gasteiger partial charge in [0, 0.05) is 12.1 Å². The lowest BCUT2D eigenvalue weighted by Gasteiger charge is -2.17. The number of methoxy groups -OCH3 is 1. The first-order chi connectivity index (χ1) is 9.20. The van der Waals surface area contributed by atoms with Gasteiger partial charge in [0.1, 0.15) is 6.54 Å². The van der Waals surface area contributed by atoms with E-state index in [0.29, 0.717) is 4.31 Å². The minimum atomic E-state index is -4.18. The summed E-state index contributed by atoms with van der Waals surface area (Å²) in [5.74, 6) is -2.18. The zero-order valence-corrected chi connectivity index (χ0v) is 12.2. The molecule has 1 aromatic rings. The second-order valence-corrected chi connectivity index (χ2v) is 6.24. The molecule has 7 nitrogen and oxygen atoms in total. The van der Waals surface area contributed by atoms with Crippen LogP contribution in [0.4, 0.5) is 0 Å². The number of hydrogen-bond acceptors (Lipinski definition) is 5. The fourth-order valence-electron chi connectivity index (χ4n) is 1.43. The molecule has 9 heteroatoms. The topological polar surface area (TPSA) is 101 Å². The van der Waals surface area contributed by atoms with Crippen LogP contribution in [0, 0.1) is 0 Å². The lowest BCUT2D eigenvalue weighted by molar-refractivity contribution is -0.137. The number of carboxylic acid groups (broad SMARTS) is 1. The van der Waals surface area contributed by atoms with Crippen LogP contribution in [0.2, 0.25) is 5.02 Å². The zero-order valence-electron chi connectivity index (χ0n) is 10.7. The van der Waals surface area contributed by atoms with Crippen LogP contribution in [-0.4, -0.2) is 50.5 Å². The Morgan fingerprint density at radius 1 is 1.40 bits per heavy atom. The fourth-order valence-corrected chi connectivity index (χ4v) is 2.99. The van der Waals surface area contributed by atoms with Crippen molar-refractivity contribution in [1.82, 2.24) is 4.31 Å². The summed E-state index contributed by atoms with van der Waals surface area (Å²) in [5.41, 5.74) is -0.214. The smallest absolute Gasteiger partial charge is 0.339 e. The second kappa shape index (κ2) is 6.21. The molecule has 1 N–H and O–H groups in total. The highest BCUT2D eigenvalue weighted by atomic mass is 35.5. The third-order valence-electron chi connectivity index (χ3n) is 2.40. The van der Waals surface area contributed by atoms with E-state index < -0.39 is 33.4 Å². The summed E-state index contributed by atoms with van der Waals surface area (Å²) in [6.07, 6.45) is 0. The number of rotatable bonds is 5. The van der Waals surface area contributed by atoms with Gasteiger partial charge in [0.15, 0.2) is 0 Å². The summed E-state index contributed by atoms with van der Waals surface area (Å²) < 4.78 is 29.6. The summed E-state index contributed by atoms with van der Waals surface area (Å²) in [5, 5.41) is 8.75. The van der Waals surface area contributed by atoms with E-state index in [0.717, 1.165) is 20.2 Å². The highest BCUT2D eigenvalue weighted by molar-refractivity contribution is 7.89. The third kappa shape index (κ3) is 3.47. The molecule has 0 amide bonds. The van der Waals surface area contributed by atoms with E-state index in [1.807, 2.05) is 0 Å². The average molecular weight is 322 g/mol. The van der Waals surface area contributed by atoms with Gasteiger partial charge in [0.2, 0.25) is 10.0 Å². The standard InChI is InChI=1S/C11H12ClNO6S/c1-13(6-10(14)15)20(17,18)9-5-7(12)3-4-8(9)11(16)19-2/h3-5H,6H2,1-2H3,(H,14,15). The van der Waals surface area contributed by atoms with Crippen LogP contribution in [0.3, 0.4) is 0 Å². The average Bonchev–Trinajstić information content (AvgIpc) is 2.36. The number of carboxylic acids is 1. The van der Waals surface area contributed by atoms with Crippen molar-refractivity contribution in [3.63, 3.8) is 0 Å². The number of ether oxygens (including phenoxy) is 1. The maximum Gasteiger partial charge on any atom is 0.339 e. The largest absolute Gasteiger partial charge is 0.480 e. The molecule has 0 unspecified atom stereocenters. The van der Waals surface area contributed by atoms with E-state index in [2.05, 4.69) is 4.74 Å². The highest BCUT2D eigenvalue weighted by Gasteiger charge is 2.28. The first kappa shape index (κ1) is 16.4. The lowest BCUT2D eigenvalue weighted by Crippen LogP contribution is -2.33. The number of esters is 1. The molecule has 0 bridgehead atoms. The van der Waals surface area contributed by atoms with E-state index in [1.54, 1.807) is 0 Å². The summed E-state index contributed by atoms with van der Waals surface area (Å²) in [7, 11) is -1.98. The summed E-state index contributed by atoms with van der Waals surface area (Å²) in [4.78, 5) is 21.8.